The van der Waals surface area contributed by atoms with Crippen LogP contribution in [0.25, 0.3) is 0 Å². The van der Waals surface area contributed by atoms with E-state index in [0.29, 0.717) is 21.6 Å². The second kappa shape index (κ2) is 6.57. The number of aromatic nitrogens is 2. The Kier molecular flexibility index (Phi) is 4.97. The summed E-state index contributed by atoms with van der Waals surface area (Å²) in [6, 6.07) is 5.06. The Bertz CT molecular complexity index is 641. The van der Waals surface area contributed by atoms with E-state index in [-0.39, 0.29) is 19.0 Å². The molecule has 0 aliphatic rings. The van der Waals surface area contributed by atoms with Crippen molar-refractivity contribution >= 4 is 15.9 Å². The number of halogens is 4. The largest absolute Gasteiger partial charge is 0.573 e. The van der Waals surface area contributed by atoms with Crippen molar-refractivity contribution in [3.63, 3.8) is 0 Å². The second-order valence-corrected chi connectivity index (χ2v) is 5.09. The first-order chi connectivity index (χ1) is 10.3. The summed E-state index contributed by atoms with van der Waals surface area (Å²) in [5, 5.41) is 13.4. The van der Waals surface area contributed by atoms with Crippen molar-refractivity contribution in [2.45, 2.75) is 19.6 Å². The van der Waals surface area contributed by atoms with Gasteiger partial charge in [-0.05, 0) is 40.2 Å². The highest BCUT2D eigenvalue weighted by Crippen LogP contribution is 2.26. The Morgan fingerprint density at radius 2 is 1.82 bits per heavy atom. The van der Waals surface area contributed by atoms with Gasteiger partial charge in [-0.2, -0.15) is 5.10 Å². The van der Waals surface area contributed by atoms with Crippen LogP contribution in [0.15, 0.2) is 28.7 Å². The number of benzene rings is 1. The van der Waals surface area contributed by atoms with Crippen LogP contribution in [0.4, 0.5) is 13.2 Å². The minimum atomic E-state index is -4.72. The smallest absolute Gasteiger partial charge is 0.487 e. The zero-order chi connectivity index (χ0) is 16.3. The van der Waals surface area contributed by atoms with E-state index < -0.39 is 6.36 Å². The minimum absolute atomic E-state index is 0.105. The van der Waals surface area contributed by atoms with Crippen LogP contribution in [0.3, 0.4) is 0 Å². The number of ether oxygens (including phenoxy) is 2. The third kappa shape index (κ3) is 4.14. The van der Waals surface area contributed by atoms with E-state index >= 15 is 0 Å². The summed E-state index contributed by atoms with van der Waals surface area (Å²) in [5.74, 6) is 0.0547. The summed E-state index contributed by atoms with van der Waals surface area (Å²) in [6.45, 7) is -0.0680. The molecular formula is C13H12BrF3N2O3. The van der Waals surface area contributed by atoms with Crippen molar-refractivity contribution in [3.8, 4) is 11.5 Å². The normalized spacial score (nSPS) is 11.5. The van der Waals surface area contributed by atoms with Gasteiger partial charge in [0.2, 0.25) is 0 Å². The number of hydrogen-bond acceptors (Lipinski definition) is 4. The molecule has 9 heteroatoms. The molecule has 2 rings (SSSR count). The van der Waals surface area contributed by atoms with Crippen molar-refractivity contribution in [2.75, 3.05) is 0 Å². The van der Waals surface area contributed by atoms with Gasteiger partial charge in [-0.3, -0.25) is 4.68 Å². The number of alkyl halides is 3. The summed E-state index contributed by atoms with van der Waals surface area (Å²) >= 11 is 3.31. The number of hydrogen-bond donors (Lipinski definition) is 1. The van der Waals surface area contributed by atoms with Crippen LogP contribution in [0.5, 0.6) is 11.5 Å². The standard InChI is InChI=1S/C13H12BrF3N2O3/c1-19-11(6-20)12(14)10(18-19)7-21-8-2-4-9(5-3-8)22-13(15,16)17/h2-5,20H,6-7H2,1H3. The van der Waals surface area contributed by atoms with Crippen LogP contribution in [-0.2, 0) is 20.3 Å². The average Bonchev–Trinajstić information content (AvgIpc) is 2.70. The Labute approximate surface area is 132 Å². The molecular weight excluding hydrogens is 369 g/mol. The molecule has 0 saturated heterocycles. The summed E-state index contributed by atoms with van der Waals surface area (Å²) in [6.07, 6.45) is -4.72. The molecule has 0 unspecified atom stereocenters. The highest BCUT2D eigenvalue weighted by Gasteiger charge is 2.30. The van der Waals surface area contributed by atoms with E-state index in [0.717, 1.165) is 12.1 Å². The highest BCUT2D eigenvalue weighted by atomic mass is 79.9. The van der Waals surface area contributed by atoms with Gasteiger partial charge in [-0.25, -0.2) is 0 Å². The molecule has 22 heavy (non-hydrogen) atoms. The summed E-state index contributed by atoms with van der Waals surface area (Å²) in [7, 11) is 1.68. The zero-order valence-corrected chi connectivity index (χ0v) is 13.0. The van der Waals surface area contributed by atoms with Crippen molar-refractivity contribution in [1.29, 1.82) is 0 Å². The number of rotatable bonds is 5. The minimum Gasteiger partial charge on any atom is -0.487 e. The molecule has 0 amide bonds. The maximum atomic E-state index is 12.0. The lowest BCUT2D eigenvalue weighted by atomic mass is 10.3. The summed E-state index contributed by atoms with van der Waals surface area (Å²) in [5.41, 5.74) is 1.18. The van der Waals surface area contributed by atoms with Gasteiger partial charge in [0.1, 0.15) is 23.8 Å². The van der Waals surface area contributed by atoms with Gasteiger partial charge in [0.05, 0.1) is 16.8 Å². The van der Waals surface area contributed by atoms with Gasteiger partial charge in [0.15, 0.2) is 0 Å². The molecule has 0 atom stereocenters. The lowest BCUT2D eigenvalue weighted by Crippen LogP contribution is -2.16. The Hall–Kier alpha value is -1.74. The molecule has 0 bridgehead atoms. The third-order valence-electron chi connectivity index (χ3n) is 2.75. The Morgan fingerprint density at radius 3 is 2.32 bits per heavy atom. The van der Waals surface area contributed by atoms with E-state index in [1.54, 1.807) is 7.05 Å². The highest BCUT2D eigenvalue weighted by molar-refractivity contribution is 9.10. The lowest BCUT2D eigenvalue weighted by molar-refractivity contribution is -0.274. The van der Waals surface area contributed by atoms with E-state index in [1.165, 1.54) is 16.8 Å². The fourth-order valence-electron chi connectivity index (χ4n) is 1.75. The van der Waals surface area contributed by atoms with Crippen LogP contribution in [0, 0.1) is 0 Å². The predicted octanol–water partition coefficient (Wildman–Crippen LogP) is 3.15. The molecule has 1 N–H and O–H groups in total. The Balaban J connectivity index is 2.00. The molecule has 0 radical (unpaired) electrons. The monoisotopic (exact) mass is 380 g/mol. The molecule has 0 aliphatic heterocycles. The number of aliphatic hydroxyl groups is 1. The van der Waals surface area contributed by atoms with Crippen molar-refractivity contribution in [2.24, 2.45) is 7.05 Å². The zero-order valence-electron chi connectivity index (χ0n) is 11.4. The van der Waals surface area contributed by atoms with Crippen molar-refractivity contribution in [1.82, 2.24) is 9.78 Å². The van der Waals surface area contributed by atoms with E-state index in [9.17, 15) is 18.3 Å². The lowest BCUT2D eigenvalue weighted by Gasteiger charge is -2.09. The maximum absolute atomic E-state index is 12.0. The fourth-order valence-corrected chi connectivity index (χ4v) is 2.32. The molecule has 2 aromatic rings. The average molecular weight is 381 g/mol. The first-order valence-electron chi connectivity index (χ1n) is 6.10. The van der Waals surface area contributed by atoms with Crippen molar-refractivity contribution in [3.05, 3.63) is 40.1 Å². The van der Waals surface area contributed by atoms with Gasteiger partial charge in [0.25, 0.3) is 0 Å². The van der Waals surface area contributed by atoms with Gasteiger partial charge in [-0.15, -0.1) is 13.2 Å². The first kappa shape index (κ1) is 16.6. The van der Waals surface area contributed by atoms with Gasteiger partial charge in [-0.1, -0.05) is 0 Å². The van der Waals surface area contributed by atoms with Gasteiger partial charge >= 0.3 is 6.36 Å². The molecule has 0 saturated carbocycles. The molecule has 120 valence electrons. The number of aryl methyl sites for hydroxylation is 1. The van der Waals surface area contributed by atoms with E-state index in [1.807, 2.05) is 0 Å². The number of aliphatic hydroxyl groups excluding tert-OH is 1. The van der Waals surface area contributed by atoms with Crippen LogP contribution < -0.4 is 9.47 Å². The van der Waals surface area contributed by atoms with Crippen LogP contribution in [0.2, 0.25) is 0 Å². The van der Waals surface area contributed by atoms with E-state index in [2.05, 4.69) is 25.8 Å². The second-order valence-electron chi connectivity index (χ2n) is 4.30. The van der Waals surface area contributed by atoms with Crippen LogP contribution >= 0.6 is 15.9 Å². The SMILES string of the molecule is Cn1nc(COc2ccc(OC(F)(F)F)cc2)c(Br)c1CO. The number of nitrogens with zero attached hydrogens (tertiary/aromatic N) is 2. The Morgan fingerprint density at radius 1 is 1.23 bits per heavy atom. The molecule has 5 nitrogen and oxygen atoms in total. The molecule has 1 aromatic heterocycles. The maximum Gasteiger partial charge on any atom is 0.573 e. The van der Waals surface area contributed by atoms with Gasteiger partial charge < -0.3 is 14.6 Å². The molecule has 0 fully saturated rings. The molecule has 1 heterocycles. The molecule has 0 aliphatic carbocycles. The van der Waals surface area contributed by atoms with Crippen molar-refractivity contribution < 1.29 is 27.8 Å². The summed E-state index contributed by atoms with van der Waals surface area (Å²) in [4.78, 5) is 0. The quantitative estimate of drug-likeness (QED) is 0.865. The van der Waals surface area contributed by atoms with Gasteiger partial charge in [0, 0.05) is 7.05 Å². The van der Waals surface area contributed by atoms with Crippen LogP contribution in [-0.4, -0.2) is 21.2 Å². The van der Waals surface area contributed by atoms with E-state index in [4.69, 9.17) is 4.74 Å². The predicted molar refractivity (Wildman–Crippen MR) is 74.3 cm³/mol. The van der Waals surface area contributed by atoms with Crippen LogP contribution in [0.1, 0.15) is 11.4 Å². The summed E-state index contributed by atoms with van der Waals surface area (Å²) < 4.78 is 47.5. The third-order valence-corrected chi connectivity index (χ3v) is 3.67. The molecule has 0 spiro atoms. The topological polar surface area (TPSA) is 56.5 Å². The first-order valence-corrected chi connectivity index (χ1v) is 6.89. The molecule has 1 aromatic carbocycles. The fraction of sp³-hybridized carbons (Fsp3) is 0.308.